The van der Waals surface area contributed by atoms with E-state index in [1.807, 2.05) is 0 Å². The number of anilines is 1. The topological polar surface area (TPSA) is 12.0 Å². The molecule has 0 heterocycles. The molecule has 0 spiro atoms. The van der Waals surface area contributed by atoms with Crippen molar-refractivity contribution in [2.45, 2.75) is 52.5 Å². The molecule has 1 aromatic rings. The maximum absolute atomic E-state index is 3.67. The summed E-state index contributed by atoms with van der Waals surface area (Å²) in [4.78, 5) is 0. The zero-order valence-electron chi connectivity index (χ0n) is 10.7. The Kier molecular flexibility index (Phi) is 3.52. The standard InChI is InChI=1S/C15H23N/c1-11(2)12(3)16-15-10-6-8-13-7-4-5-9-14(13)15/h6,8,10-12,16H,4-5,7,9H2,1-3H3. The minimum atomic E-state index is 0.549. The van der Waals surface area contributed by atoms with E-state index in [0.29, 0.717) is 12.0 Å². The van der Waals surface area contributed by atoms with Gasteiger partial charge in [0.25, 0.3) is 0 Å². The molecule has 16 heavy (non-hydrogen) atoms. The fourth-order valence-electron chi connectivity index (χ4n) is 2.33. The lowest BCUT2D eigenvalue weighted by atomic mass is 9.90. The Balaban J connectivity index is 2.20. The minimum Gasteiger partial charge on any atom is -0.382 e. The quantitative estimate of drug-likeness (QED) is 0.806. The van der Waals surface area contributed by atoms with Crippen molar-refractivity contribution in [1.29, 1.82) is 0 Å². The first kappa shape index (κ1) is 11.5. The molecule has 1 aliphatic carbocycles. The third-order valence-electron chi connectivity index (χ3n) is 3.78. The molecule has 88 valence electrons. The van der Waals surface area contributed by atoms with Gasteiger partial charge in [-0.3, -0.25) is 0 Å². The first-order valence-corrected chi connectivity index (χ1v) is 6.56. The largest absolute Gasteiger partial charge is 0.382 e. The highest BCUT2D eigenvalue weighted by atomic mass is 14.9. The molecule has 1 aliphatic rings. The van der Waals surface area contributed by atoms with Gasteiger partial charge in [0.05, 0.1) is 0 Å². The zero-order chi connectivity index (χ0) is 11.5. The number of hydrogen-bond donors (Lipinski definition) is 1. The summed E-state index contributed by atoms with van der Waals surface area (Å²) < 4.78 is 0. The van der Waals surface area contributed by atoms with Gasteiger partial charge in [0.2, 0.25) is 0 Å². The van der Waals surface area contributed by atoms with Crippen LogP contribution in [-0.4, -0.2) is 6.04 Å². The van der Waals surface area contributed by atoms with Crippen molar-refractivity contribution < 1.29 is 0 Å². The van der Waals surface area contributed by atoms with Crippen LogP contribution < -0.4 is 5.32 Å². The molecule has 2 rings (SSSR count). The third kappa shape index (κ3) is 2.40. The van der Waals surface area contributed by atoms with Gasteiger partial charge in [0, 0.05) is 11.7 Å². The Labute approximate surface area is 99.3 Å². The van der Waals surface area contributed by atoms with Gasteiger partial charge in [0.1, 0.15) is 0 Å². The highest BCUT2D eigenvalue weighted by Gasteiger charge is 2.14. The Hall–Kier alpha value is -0.980. The van der Waals surface area contributed by atoms with Crippen molar-refractivity contribution in [2.75, 3.05) is 5.32 Å². The van der Waals surface area contributed by atoms with Crippen molar-refractivity contribution >= 4 is 5.69 Å². The summed E-state index contributed by atoms with van der Waals surface area (Å²) in [6.45, 7) is 6.81. The maximum atomic E-state index is 3.67. The van der Waals surface area contributed by atoms with E-state index >= 15 is 0 Å². The predicted octanol–water partition coefficient (Wildman–Crippen LogP) is 4.02. The summed E-state index contributed by atoms with van der Waals surface area (Å²) in [5.74, 6) is 0.680. The third-order valence-corrected chi connectivity index (χ3v) is 3.78. The van der Waals surface area contributed by atoms with E-state index < -0.39 is 0 Å². The van der Waals surface area contributed by atoms with Crippen LogP contribution in [0.2, 0.25) is 0 Å². The normalized spacial score (nSPS) is 17.0. The summed E-state index contributed by atoms with van der Waals surface area (Å²) in [6.07, 6.45) is 5.22. The summed E-state index contributed by atoms with van der Waals surface area (Å²) in [5, 5.41) is 3.67. The van der Waals surface area contributed by atoms with Gasteiger partial charge in [-0.05, 0) is 55.7 Å². The fourth-order valence-corrected chi connectivity index (χ4v) is 2.33. The van der Waals surface area contributed by atoms with E-state index in [1.54, 1.807) is 11.1 Å². The molecule has 0 aromatic heterocycles. The number of aryl methyl sites for hydroxylation is 1. The van der Waals surface area contributed by atoms with Gasteiger partial charge in [-0.25, -0.2) is 0 Å². The van der Waals surface area contributed by atoms with Crippen molar-refractivity contribution in [2.24, 2.45) is 5.92 Å². The summed E-state index contributed by atoms with van der Waals surface area (Å²) in [6, 6.07) is 7.27. The van der Waals surface area contributed by atoms with Crippen LogP contribution in [0.3, 0.4) is 0 Å². The van der Waals surface area contributed by atoms with Crippen LogP contribution in [0, 0.1) is 5.92 Å². The minimum absolute atomic E-state index is 0.549. The molecule has 1 nitrogen and oxygen atoms in total. The predicted molar refractivity (Wildman–Crippen MR) is 71.0 cm³/mol. The maximum Gasteiger partial charge on any atom is 0.0377 e. The molecule has 0 amide bonds. The summed E-state index contributed by atoms with van der Waals surface area (Å²) >= 11 is 0. The number of fused-ring (bicyclic) bond motifs is 1. The van der Waals surface area contributed by atoms with Gasteiger partial charge in [-0.15, -0.1) is 0 Å². The number of hydrogen-bond acceptors (Lipinski definition) is 1. The molecule has 0 radical (unpaired) electrons. The van der Waals surface area contributed by atoms with E-state index in [2.05, 4.69) is 44.3 Å². The molecule has 1 aromatic carbocycles. The van der Waals surface area contributed by atoms with Gasteiger partial charge in [-0.1, -0.05) is 26.0 Å². The first-order chi connectivity index (χ1) is 7.68. The average Bonchev–Trinajstić information content (AvgIpc) is 2.29. The van der Waals surface area contributed by atoms with Crippen molar-refractivity contribution in [3.63, 3.8) is 0 Å². The number of nitrogens with one attached hydrogen (secondary N) is 1. The smallest absolute Gasteiger partial charge is 0.0377 e. The summed E-state index contributed by atoms with van der Waals surface area (Å²) in [5.41, 5.74) is 4.51. The molecule has 1 heteroatoms. The summed E-state index contributed by atoms with van der Waals surface area (Å²) in [7, 11) is 0. The zero-order valence-corrected chi connectivity index (χ0v) is 10.7. The van der Waals surface area contributed by atoms with Crippen molar-refractivity contribution in [3.8, 4) is 0 Å². The molecule has 0 bridgehead atoms. The second-order valence-electron chi connectivity index (χ2n) is 5.33. The van der Waals surface area contributed by atoms with Gasteiger partial charge in [0.15, 0.2) is 0 Å². The Morgan fingerprint density at radius 2 is 1.81 bits per heavy atom. The van der Waals surface area contributed by atoms with Crippen LogP contribution in [0.4, 0.5) is 5.69 Å². The molecule has 1 N–H and O–H groups in total. The lowest BCUT2D eigenvalue weighted by Crippen LogP contribution is -2.23. The molecule has 1 atom stereocenters. The average molecular weight is 217 g/mol. The Morgan fingerprint density at radius 3 is 2.56 bits per heavy atom. The van der Waals surface area contributed by atoms with Crippen LogP contribution in [0.5, 0.6) is 0 Å². The van der Waals surface area contributed by atoms with Crippen LogP contribution in [0.25, 0.3) is 0 Å². The lowest BCUT2D eigenvalue weighted by Gasteiger charge is -2.24. The van der Waals surface area contributed by atoms with Gasteiger partial charge < -0.3 is 5.32 Å². The Morgan fingerprint density at radius 1 is 1.06 bits per heavy atom. The molecular formula is C15H23N. The van der Waals surface area contributed by atoms with E-state index in [-0.39, 0.29) is 0 Å². The molecule has 0 fully saturated rings. The monoisotopic (exact) mass is 217 g/mol. The van der Waals surface area contributed by atoms with E-state index in [0.717, 1.165) is 0 Å². The highest BCUT2D eigenvalue weighted by molar-refractivity contribution is 5.56. The van der Waals surface area contributed by atoms with Crippen LogP contribution in [0.15, 0.2) is 18.2 Å². The van der Waals surface area contributed by atoms with Crippen LogP contribution >= 0.6 is 0 Å². The number of rotatable bonds is 3. The van der Waals surface area contributed by atoms with Gasteiger partial charge >= 0.3 is 0 Å². The van der Waals surface area contributed by atoms with E-state index in [4.69, 9.17) is 0 Å². The van der Waals surface area contributed by atoms with Crippen LogP contribution in [-0.2, 0) is 12.8 Å². The Bertz CT molecular complexity index is 354. The molecule has 0 aliphatic heterocycles. The molecule has 0 saturated carbocycles. The second kappa shape index (κ2) is 4.90. The first-order valence-electron chi connectivity index (χ1n) is 6.56. The SMILES string of the molecule is CC(C)C(C)Nc1cccc2c1CCCC2. The fraction of sp³-hybridized carbons (Fsp3) is 0.600. The van der Waals surface area contributed by atoms with Crippen molar-refractivity contribution in [3.05, 3.63) is 29.3 Å². The molecule has 1 unspecified atom stereocenters. The molecular weight excluding hydrogens is 194 g/mol. The molecule has 0 saturated heterocycles. The van der Waals surface area contributed by atoms with Crippen LogP contribution in [0.1, 0.15) is 44.7 Å². The van der Waals surface area contributed by atoms with E-state index in [1.165, 1.54) is 31.4 Å². The lowest BCUT2D eigenvalue weighted by molar-refractivity contribution is 0.558. The van der Waals surface area contributed by atoms with Crippen molar-refractivity contribution in [1.82, 2.24) is 0 Å². The van der Waals surface area contributed by atoms with Gasteiger partial charge in [-0.2, -0.15) is 0 Å². The number of benzene rings is 1. The second-order valence-corrected chi connectivity index (χ2v) is 5.33. The highest BCUT2D eigenvalue weighted by Crippen LogP contribution is 2.28. The van der Waals surface area contributed by atoms with E-state index in [9.17, 15) is 0 Å².